The van der Waals surface area contributed by atoms with Crippen LogP contribution in [-0.2, 0) is 0 Å². The largest absolute Gasteiger partial charge is 0.0620 e. The zero-order valence-corrected chi connectivity index (χ0v) is 7.62. The highest BCUT2D eigenvalue weighted by Gasteiger charge is 1.97. The Kier molecular flexibility index (Phi) is 2.13. The first-order chi connectivity index (χ1) is 6.38. The van der Waals surface area contributed by atoms with Gasteiger partial charge in [0.1, 0.15) is 0 Å². The first-order valence-electron chi connectivity index (χ1n) is 4.40. The van der Waals surface area contributed by atoms with Gasteiger partial charge in [-0.1, -0.05) is 42.5 Å². The molecule has 1 radical (unpaired) electrons. The molecule has 0 aromatic heterocycles. The zero-order chi connectivity index (χ0) is 9.10. The highest BCUT2D eigenvalue weighted by atomic mass is 14.0. The Morgan fingerprint density at radius 3 is 2.54 bits per heavy atom. The molecule has 0 saturated carbocycles. The minimum atomic E-state index is 1.24. The summed E-state index contributed by atoms with van der Waals surface area (Å²) in [5.41, 5.74) is 3.84. The lowest BCUT2D eigenvalue weighted by Gasteiger charge is -2.04. The van der Waals surface area contributed by atoms with E-state index in [9.17, 15) is 0 Å². The Hall–Kier alpha value is -1.56. The first kappa shape index (κ1) is 8.06. The minimum Gasteiger partial charge on any atom is -0.0620 e. The quantitative estimate of drug-likeness (QED) is 0.610. The van der Waals surface area contributed by atoms with Gasteiger partial charge in [0.15, 0.2) is 0 Å². The third kappa shape index (κ3) is 1.62. The fraction of sp³-hybridized carbons (Fsp3) is 0.0769. The maximum atomic E-state index is 3.09. The molecule has 2 aromatic rings. The highest BCUT2D eigenvalue weighted by molar-refractivity contribution is 5.66. The van der Waals surface area contributed by atoms with Crippen LogP contribution in [0.15, 0.2) is 48.5 Å². The maximum Gasteiger partial charge on any atom is -0.0155 e. The molecule has 63 valence electrons. The number of benzene rings is 2. The highest BCUT2D eigenvalue weighted by Crippen LogP contribution is 2.21. The number of aryl methyl sites for hydroxylation is 1. The molecule has 0 amide bonds. The predicted molar refractivity (Wildman–Crippen MR) is 55.5 cm³/mol. The van der Waals surface area contributed by atoms with E-state index in [4.69, 9.17) is 0 Å². The van der Waals surface area contributed by atoms with Crippen LogP contribution in [0.2, 0.25) is 0 Å². The van der Waals surface area contributed by atoms with Gasteiger partial charge in [0.25, 0.3) is 0 Å². The summed E-state index contributed by atoms with van der Waals surface area (Å²) < 4.78 is 0. The third-order valence-electron chi connectivity index (χ3n) is 2.16. The fourth-order valence-corrected chi connectivity index (χ4v) is 1.46. The van der Waals surface area contributed by atoms with Crippen LogP contribution in [0.5, 0.6) is 0 Å². The van der Waals surface area contributed by atoms with Gasteiger partial charge in [-0.05, 0) is 35.7 Å². The molecule has 0 spiro atoms. The number of hydrogen-bond acceptors (Lipinski definition) is 0. The molecule has 2 aromatic carbocycles. The van der Waals surface area contributed by atoms with E-state index in [0.29, 0.717) is 0 Å². The van der Waals surface area contributed by atoms with Gasteiger partial charge in [-0.25, -0.2) is 0 Å². The van der Waals surface area contributed by atoms with Crippen molar-refractivity contribution >= 4 is 0 Å². The molecule has 0 bridgehead atoms. The molecule has 0 saturated heterocycles. The monoisotopic (exact) mass is 167 g/mol. The van der Waals surface area contributed by atoms with E-state index in [0.717, 1.165) is 0 Å². The van der Waals surface area contributed by atoms with Gasteiger partial charge >= 0.3 is 0 Å². The summed E-state index contributed by atoms with van der Waals surface area (Å²) in [7, 11) is 0. The lowest BCUT2D eigenvalue weighted by Crippen LogP contribution is -1.80. The average Bonchev–Trinajstić information content (AvgIpc) is 2.20. The Bertz CT molecular complexity index is 388. The van der Waals surface area contributed by atoms with E-state index in [1.54, 1.807) is 0 Å². The average molecular weight is 167 g/mol. The van der Waals surface area contributed by atoms with E-state index < -0.39 is 0 Å². The lowest BCUT2D eigenvalue weighted by molar-refractivity contribution is 1.46. The molecule has 0 N–H and O–H groups in total. The molecule has 0 aliphatic heterocycles. The third-order valence-corrected chi connectivity index (χ3v) is 2.16. The van der Waals surface area contributed by atoms with Crippen LogP contribution < -0.4 is 0 Å². The van der Waals surface area contributed by atoms with Crippen molar-refractivity contribution in [2.45, 2.75) is 6.92 Å². The van der Waals surface area contributed by atoms with Gasteiger partial charge in [-0.2, -0.15) is 0 Å². The SMILES string of the molecule is Cc1ccccc1-c1c[c]ccc1. The van der Waals surface area contributed by atoms with Gasteiger partial charge < -0.3 is 0 Å². The van der Waals surface area contributed by atoms with Crippen molar-refractivity contribution in [3.63, 3.8) is 0 Å². The fourth-order valence-electron chi connectivity index (χ4n) is 1.46. The lowest BCUT2D eigenvalue weighted by atomic mass is 10.0. The second-order valence-corrected chi connectivity index (χ2v) is 3.11. The van der Waals surface area contributed by atoms with Gasteiger partial charge in [0.05, 0.1) is 0 Å². The van der Waals surface area contributed by atoms with Gasteiger partial charge in [0, 0.05) is 0 Å². The van der Waals surface area contributed by atoms with Crippen molar-refractivity contribution in [1.29, 1.82) is 0 Å². The first-order valence-corrected chi connectivity index (χ1v) is 4.40. The van der Waals surface area contributed by atoms with Crippen LogP contribution in [0.3, 0.4) is 0 Å². The normalized spacial score (nSPS) is 9.92. The summed E-state index contributed by atoms with van der Waals surface area (Å²) >= 11 is 0. The van der Waals surface area contributed by atoms with Crippen LogP contribution >= 0.6 is 0 Å². The van der Waals surface area contributed by atoms with Crippen LogP contribution in [-0.4, -0.2) is 0 Å². The Morgan fingerprint density at radius 2 is 1.85 bits per heavy atom. The molecule has 0 heteroatoms. The van der Waals surface area contributed by atoms with E-state index in [-0.39, 0.29) is 0 Å². The molecular formula is C13H11. The minimum absolute atomic E-state index is 1.24. The van der Waals surface area contributed by atoms with Gasteiger partial charge in [-0.3, -0.25) is 0 Å². The standard InChI is InChI=1S/C13H11/c1-11-7-5-6-10-13(11)12-8-3-2-4-9-12/h2-3,5-10H,1H3. The Morgan fingerprint density at radius 1 is 1.00 bits per heavy atom. The molecule has 0 aliphatic carbocycles. The second kappa shape index (κ2) is 3.44. The van der Waals surface area contributed by atoms with Crippen LogP contribution in [0.25, 0.3) is 11.1 Å². The van der Waals surface area contributed by atoms with Crippen molar-refractivity contribution in [2.75, 3.05) is 0 Å². The summed E-state index contributed by atoms with van der Waals surface area (Å²) in [6.07, 6.45) is 0. The maximum absolute atomic E-state index is 3.09. The number of hydrogen-bond donors (Lipinski definition) is 0. The molecule has 0 aliphatic rings. The smallest absolute Gasteiger partial charge is 0.0155 e. The predicted octanol–water partition coefficient (Wildman–Crippen LogP) is 3.46. The topological polar surface area (TPSA) is 0 Å². The zero-order valence-electron chi connectivity index (χ0n) is 7.62. The van der Waals surface area contributed by atoms with Crippen molar-refractivity contribution in [1.82, 2.24) is 0 Å². The number of rotatable bonds is 1. The van der Waals surface area contributed by atoms with Crippen molar-refractivity contribution in [3.8, 4) is 11.1 Å². The summed E-state index contributed by atoms with van der Waals surface area (Å²) in [5, 5.41) is 0. The van der Waals surface area contributed by atoms with Gasteiger partial charge in [-0.15, -0.1) is 0 Å². The van der Waals surface area contributed by atoms with Gasteiger partial charge in [0.2, 0.25) is 0 Å². The molecule has 0 heterocycles. The molecule has 0 fully saturated rings. The van der Waals surface area contributed by atoms with E-state index in [1.807, 2.05) is 18.2 Å². The van der Waals surface area contributed by atoms with E-state index in [1.165, 1.54) is 16.7 Å². The summed E-state index contributed by atoms with van der Waals surface area (Å²) in [5.74, 6) is 0. The van der Waals surface area contributed by atoms with Crippen molar-refractivity contribution in [3.05, 3.63) is 60.2 Å². The molecule has 0 unspecified atom stereocenters. The molecule has 0 atom stereocenters. The summed E-state index contributed by atoms with van der Waals surface area (Å²) in [4.78, 5) is 0. The van der Waals surface area contributed by atoms with Crippen LogP contribution in [0.4, 0.5) is 0 Å². The summed E-state index contributed by atoms with van der Waals surface area (Å²) in [6, 6.07) is 19.5. The molecule has 0 nitrogen and oxygen atoms in total. The van der Waals surface area contributed by atoms with E-state index in [2.05, 4.69) is 43.3 Å². The summed E-state index contributed by atoms with van der Waals surface area (Å²) in [6.45, 7) is 2.13. The van der Waals surface area contributed by atoms with Crippen molar-refractivity contribution in [2.24, 2.45) is 0 Å². The molecular weight excluding hydrogens is 156 g/mol. The molecule has 13 heavy (non-hydrogen) atoms. The van der Waals surface area contributed by atoms with E-state index >= 15 is 0 Å². The second-order valence-electron chi connectivity index (χ2n) is 3.11. The Labute approximate surface area is 78.9 Å². The molecule has 2 rings (SSSR count). The van der Waals surface area contributed by atoms with Crippen LogP contribution in [0.1, 0.15) is 5.56 Å². The Balaban J connectivity index is 2.54. The van der Waals surface area contributed by atoms with Crippen molar-refractivity contribution < 1.29 is 0 Å². The van der Waals surface area contributed by atoms with Crippen LogP contribution in [0, 0.1) is 13.0 Å².